The zero-order valence-electron chi connectivity index (χ0n) is 17.8. The van der Waals surface area contributed by atoms with Crippen molar-refractivity contribution in [2.45, 2.75) is 40.0 Å². The van der Waals surface area contributed by atoms with E-state index in [-0.39, 0.29) is 11.3 Å². The van der Waals surface area contributed by atoms with E-state index in [0.717, 1.165) is 57.9 Å². The Balaban J connectivity index is 1.36. The molecule has 3 rings (SSSR count). The van der Waals surface area contributed by atoms with Crippen molar-refractivity contribution < 1.29 is 4.79 Å². The lowest BCUT2D eigenvalue weighted by atomic mass is 9.91. The summed E-state index contributed by atoms with van der Waals surface area (Å²) < 4.78 is 5.96. The fraction of sp³-hybridized carbons (Fsp3) is 0.636. The van der Waals surface area contributed by atoms with Gasteiger partial charge in [0.2, 0.25) is 5.91 Å². The normalized spacial score (nSPS) is 15.9. The van der Waals surface area contributed by atoms with Gasteiger partial charge in [0, 0.05) is 51.6 Å². The van der Waals surface area contributed by atoms with Gasteiger partial charge in [-0.1, -0.05) is 32.9 Å². The lowest BCUT2D eigenvalue weighted by molar-refractivity contribution is -0.131. The Hall–Kier alpha value is -1.66. The summed E-state index contributed by atoms with van der Waals surface area (Å²) in [6, 6.07) is 8.50. The van der Waals surface area contributed by atoms with Gasteiger partial charge < -0.3 is 9.80 Å². The van der Waals surface area contributed by atoms with Crippen LogP contribution in [-0.4, -0.2) is 66.4 Å². The van der Waals surface area contributed by atoms with Gasteiger partial charge in [0.15, 0.2) is 0 Å². The predicted molar refractivity (Wildman–Crippen MR) is 119 cm³/mol. The van der Waals surface area contributed by atoms with Gasteiger partial charge in [-0.15, -0.1) is 0 Å². The van der Waals surface area contributed by atoms with Gasteiger partial charge in [0.1, 0.15) is 5.82 Å². The summed E-state index contributed by atoms with van der Waals surface area (Å²) in [6.07, 6.45) is 2.84. The Bertz CT molecular complexity index is 774. The zero-order valence-corrected chi connectivity index (χ0v) is 18.6. The standard InChI is InChI=1S/C22H34N4OS/c1-22(2,3)17-20(27)24(4)11-7-8-12-25-13-15-26(16-14-25)21-18-9-5-6-10-19(18)28-23-21/h5-6,9-10H,7-8,11-17H2,1-4H3. The predicted octanol–water partition coefficient (Wildman–Crippen LogP) is 4.09. The first-order chi connectivity index (χ1) is 13.3. The van der Waals surface area contributed by atoms with Gasteiger partial charge in [-0.2, -0.15) is 4.37 Å². The number of hydrogen-bond donors (Lipinski definition) is 0. The number of rotatable bonds is 7. The van der Waals surface area contributed by atoms with Crippen molar-refractivity contribution in [1.29, 1.82) is 0 Å². The van der Waals surface area contributed by atoms with Crippen LogP contribution >= 0.6 is 11.5 Å². The van der Waals surface area contributed by atoms with Gasteiger partial charge in [-0.05, 0) is 48.5 Å². The smallest absolute Gasteiger partial charge is 0.222 e. The lowest BCUT2D eigenvalue weighted by Crippen LogP contribution is -2.46. The molecule has 6 heteroatoms. The summed E-state index contributed by atoms with van der Waals surface area (Å²) in [7, 11) is 1.94. The van der Waals surface area contributed by atoms with Gasteiger partial charge in [0.05, 0.1) is 4.70 Å². The highest BCUT2D eigenvalue weighted by Gasteiger charge is 2.21. The first kappa shape index (κ1) is 21.1. The molecule has 1 aliphatic rings. The van der Waals surface area contributed by atoms with Crippen LogP contribution in [0.5, 0.6) is 0 Å². The van der Waals surface area contributed by atoms with Crippen molar-refractivity contribution in [2.75, 3.05) is 51.2 Å². The molecule has 0 unspecified atom stereocenters. The van der Waals surface area contributed by atoms with Gasteiger partial charge >= 0.3 is 0 Å². The van der Waals surface area contributed by atoms with Crippen LogP contribution in [0.25, 0.3) is 10.1 Å². The number of benzene rings is 1. The maximum atomic E-state index is 12.2. The second-order valence-electron chi connectivity index (χ2n) is 9.09. The minimum atomic E-state index is 0.0631. The molecule has 1 amide bonds. The average Bonchev–Trinajstić information content (AvgIpc) is 3.08. The van der Waals surface area contributed by atoms with Gasteiger partial charge in [0.25, 0.3) is 0 Å². The highest BCUT2D eigenvalue weighted by atomic mass is 32.1. The number of unbranched alkanes of at least 4 members (excludes halogenated alkanes) is 1. The molecule has 2 heterocycles. The number of carbonyl (C=O) groups is 1. The van der Waals surface area contributed by atoms with Crippen LogP contribution in [0.15, 0.2) is 24.3 Å². The van der Waals surface area contributed by atoms with Crippen LogP contribution in [0.1, 0.15) is 40.0 Å². The maximum absolute atomic E-state index is 12.2. The molecule has 1 aromatic carbocycles. The first-order valence-electron chi connectivity index (χ1n) is 10.4. The number of piperazine rings is 1. The highest BCUT2D eigenvalue weighted by Crippen LogP contribution is 2.29. The summed E-state index contributed by atoms with van der Waals surface area (Å²) >= 11 is 1.60. The third kappa shape index (κ3) is 5.67. The number of anilines is 1. The van der Waals surface area contributed by atoms with E-state index in [4.69, 9.17) is 4.37 Å². The van der Waals surface area contributed by atoms with Crippen molar-refractivity contribution in [1.82, 2.24) is 14.2 Å². The molecule has 1 aromatic heterocycles. The van der Waals surface area contributed by atoms with Gasteiger partial charge in [-0.25, -0.2) is 0 Å². The average molecular weight is 403 g/mol. The summed E-state index contributed by atoms with van der Waals surface area (Å²) in [5, 5.41) is 1.28. The Morgan fingerprint density at radius 1 is 1.14 bits per heavy atom. The topological polar surface area (TPSA) is 39.7 Å². The minimum Gasteiger partial charge on any atom is -0.353 e. The second-order valence-corrected chi connectivity index (χ2v) is 9.90. The molecule has 1 aliphatic heterocycles. The SMILES string of the molecule is CN(CCCCN1CCN(c2nsc3ccccc23)CC1)C(=O)CC(C)(C)C. The van der Waals surface area contributed by atoms with E-state index in [0.29, 0.717) is 6.42 Å². The zero-order chi connectivity index (χ0) is 20.1. The van der Waals surface area contributed by atoms with Crippen molar-refractivity contribution in [3.8, 4) is 0 Å². The summed E-state index contributed by atoms with van der Waals surface area (Å²) in [5.74, 6) is 1.41. The Morgan fingerprint density at radius 3 is 2.57 bits per heavy atom. The van der Waals surface area contributed by atoms with Crippen LogP contribution in [-0.2, 0) is 4.79 Å². The van der Waals surface area contributed by atoms with E-state index >= 15 is 0 Å². The molecule has 0 radical (unpaired) electrons. The second kappa shape index (κ2) is 9.23. The largest absolute Gasteiger partial charge is 0.353 e. The molecular formula is C22H34N4OS. The van der Waals surface area contributed by atoms with E-state index in [9.17, 15) is 4.79 Å². The third-order valence-corrected chi connectivity index (χ3v) is 6.17. The fourth-order valence-corrected chi connectivity index (χ4v) is 4.48. The van der Waals surface area contributed by atoms with Crippen molar-refractivity contribution in [2.24, 2.45) is 5.41 Å². The minimum absolute atomic E-state index is 0.0631. The third-order valence-electron chi connectivity index (χ3n) is 5.36. The Kier molecular flexibility index (Phi) is 6.94. The van der Waals surface area contributed by atoms with E-state index in [1.807, 2.05) is 11.9 Å². The molecule has 0 bridgehead atoms. The number of carbonyl (C=O) groups excluding carboxylic acids is 1. The van der Waals surface area contributed by atoms with Crippen LogP contribution < -0.4 is 4.90 Å². The molecule has 1 saturated heterocycles. The molecule has 0 aliphatic carbocycles. The Labute approximate surface area is 173 Å². The molecular weight excluding hydrogens is 368 g/mol. The maximum Gasteiger partial charge on any atom is 0.222 e. The molecule has 28 heavy (non-hydrogen) atoms. The molecule has 2 aromatic rings. The number of nitrogens with zero attached hydrogens (tertiary/aromatic N) is 4. The number of fused-ring (bicyclic) bond motifs is 1. The fourth-order valence-electron chi connectivity index (χ4n) is 3.68. The molecule has 0 spiro atoms. The van der Waals surface area contributed by atoms with Crippen LogP contribution in [0.3, 0.4) is 0 Å². The molecule has 0 atom stereocenters. The van der Waals surface area contributed by atoms with Crippen molar-refractivity contribution in [3.63, 3.8) is 0 Å². The summed E-state index contributed by atoms with van der Waals surface area (Å²) in [4.78, 5) is 19.1. The molecule has 5 nitrogen and oxygen atoms in total. The quantitative estimate of drug-likeness (QED) is 0.654. The first-order valence-corrected chi connectivity index (χ1v) is 11.2. The summed E-state index contributed by atoms with van der Waals surface area (Å²) in [5.41, 5.74) is 0.0631. The van der Waals surface area contributed by atoms with E-state index in [1.54, 1.807) is 11.5 Å². The van der Waals surface area contributed by atoms with E-state index in [2.05, 4.69) is 54.8 Å². The molecule has 154 valence electrons. The van der Waals surface area contributed by atoms with Crippen molar-refractivity contribution >= 4 is 33.3 Å². The monoisotopic (exact) mass is 402 g/mol. The highest BCUT2D eigenvalue weighted by molar-refractivity contribution is 7.13. The Morgan fingerprint density at radius 2 is 1.86 bits per heavy atom. The van der Waals surface area contributed by atoms with Gasteiger partial charge in [-0.3, -0.25) is 9.69 Å². The van der Waals surface area contributed by atoms with E-state index in [1.165, 1.54) is 10.1 Å². The van der Waals surface area contributed by atoms with Crippen LogP contribution in [0.4, 0.5) is 5.82 Å². The van der Waals surface area contributed by atoms with Crippen LogP contribution in [0, 0.1) is 5.41 Å². The lowest BCUT2D eigenvalue weighted by Gasteiger charge is -2.35. The number of aromatic nitrogens is 1. The molecule has 0 saturated carbocycles. The van der Waals surface area contributed by atoms with Crippen molar-refractivity contribution in [3.05, 3.63) is 24.3 Å². The molecule has 1 fully saturated rings. The van der Waals surface area contributed by atoms with Crippen LogP contribution in [0.2, 0.25) is 0 Å². The summed E-state index contributed by atoms with van der Waals surface area (Å²) in [6.45, 7) is 12.6. The van der Waals surface area contributed by atoms with E-state index < -0.39 is 0 Å². The molecule has 0 N–H and O–H groups in total. The number of amides is 1. The number of hydrogen-bond acceptors (Lipinski definition) is 5.